The summed E-state index contributed by atoms with van der Waals surface area (Å²) in [5.74, 6) is 3.85. The fraction of sp³-hybridized carbons (Fsp3) is 1.00. The van der Waals surface area contributed by atoms with Gasteiger partial charge in [0.1, 0.15) is 0 Å². The van der Waals surface area contributed by atoms with Crippen LogP contribution in [-0.4, -0.2) is 23.3 Å². The van der Waals surface area contributed by atoms with Gasteiger partial charge in [0.2, 0.25) is 0 Å². The summed E-state index contributed by atoms with van der Waals surface area (Å²) >= 11 is 13.9. The normalized spacial score (nSPS) is 12.0. The number of hydrogen-bond donors (Lipinski definition) is 0. The Hall–Kier alpha value is 0.930. The third kappa shape index (κ3) is 5.39. The van der Waals surface area contributed by atoms with E-state index in [1.807, 2.05) is 11.8 Å². The van der Waals surface area contributed by atoms with Crippen molar-refractivity contribution >= 4 is 35.0 Å². The van der Waals surface area contributed by atoms with Gasteiger partial charge in [0.05, 0.1) is 0 Å². The first kappa shape index (κ1) is 13.9. The van der Waals surface area contributed by atoms with Crippen molar-refractivity contribution in [3.05, 3.63) is 0 Å². The van der Waals surface area contributed by atoms with Gasteiger partial charge in [-0.2, -0.15) is 11.8 Å². The Bertz CT molecular complexity index is 105. The van der Waals surface area contributed by atoms with Crippen molar-refractivity contribution in [2.24, 2.45) is 5.41 Å². The Labute approximate surface area is 96.8 Å². The molecule has 0 saturated heterocycles. The van der Waals surface area contributed by atoms with Gasteiger partial charge in [-0.3, -0.25) is 0 Å². The molecular weight excluding hydrogens is 223 g/mol. The molecule has 0 heterocycles. The molecule has 13 heavy (non-hydrogen) atoms. The van der Waals surface area contributed by atoms with E-state index in [9.17, 15) is 0 Å². The first-order chi connectivity index (χ1) is 6.24. The minimum atomic E-state index is 0.192. The van der Waals surface area contributed by atoms with Gasteiger partial charge in [0.25, 0.3) is 0 Å². The highest BCUT2D eigenvalue weighted by Gasteiger charge is 2.25. The zero-order valence-corrected chi connectivity index (χ0v) is 10.9. The maximum absolute atomic E-state index is 5.95. The van der Waals surface area contributed by atoms with Gasteiger partial charge in [0.15, 0.2) is 0 Å². The molecule has 0 nitrogen and oxygen atoms in total. The van der Waals surface area contributed by atoms with Crippen LogP contribution >= 0.6 is 35.0 Å². The molecule has 0 radical (unpaired) electrons. The van der Waals surface area contributed by atoms with E-state index in [1.54, 1.807) is 0 Å². The van der Waals surface area contributed by atoms with Gasteiger partial charge in [-0.1, -0.05) is 13.8 Å². The van der Waals surface area contributed by atoms with Crippen LogP contribution in [0, 0.1) is 5.41 Å². The molecule has 0 rings (SSSR count). The molecule has 0 fully saturated rings. The van der Waals surface area contributed by atoms with Crippen LogP contribution in [0.25, 0.3) is 0 Å². The maximum Gasteiger partial charge on any atom is 0.0291 e. The Morgan fingerprint density at radius 1 is 1.15 bits per heavy atom. The van der Waals surface area contributed by atoms with E-state index in [-0.39, 0.29) is 5.41 Å². The van der Waals surface area contributed by atoms with Crippen molar-refractivity contribution in [1.29, 1.82) is 0 Å². The highest BCUT2D eigenvalue weighted by atomic mass is 35.5. The lowest BCUT2D eigenvalue weighted by molar-refractivity contribution is 0.332. The van der Waals surface area contributed by atoms with Gasteiger partial charge < -0.3 is 0 Å². The lowest BCUT2D eigenvalue weighted by Gasteiger charge is -2.27. The second-order valence-electron chi connectivity index (χ2n) is 3.42. The minimum Gasteiger partial charge on any atom is -0.162 e. The van der Waals surface area contributed by atoms with Gasteiger partial charge in [0, 0.05) is 11.8 Å². The first-order valence-corrected chi connectivity index (χ1v) is 7.16. The maximum atomic E-state index is 5.95. The predicted molar refractivity (Wildman–Crippen MR) is 66.4 cm³/mol. The van der Waals surface area contributed by atoms with Crippen LogP contribution in [0.5, 0.6) is 0 Å². The number of halogens is 2. The van der Waals surface area contributed by atoms with E-state index >= 15 is 0 Å². The average molecular weight is 243 g/mol. The van der Waals surface area contributed by atoms with Crippen LogP contribution in [-0.2, 0) is 0 Å². The highest BCUT2D eigenvalue weighted by molar-refractivity contribution is 7.99. The number of rotatable bonds is 8. The van der Waals surface area contributed by atoms with Crippen molar-refractivity contribution in [1.82, 2.24) is 0 Å². The Kier molecular flexibility index (Phi) is 8.85. The highest BCUT2D eigenvalue weighted by Crippen LogP contribution is 2.31. The summed E-state index contributed by atoms with van der Waals surface area (Å²) in [7, 11) is 0. The van der Waals surface area contributed by atoms with E-state index in [0.29, 0.717) is 11.8 Å². The van der Waals surface area contributed by atoms with Crippen LogP contribution in [0.2, 0.25) is 0 Å². The van der Waals surface area contributed by atoms with Gasteiger partial charge in [-0.15, -0.1) is 23.2 Å². The zero-order chi connectivity index (χ0) is 10.2. The van der Waals surface area contributed by atoms with Crippen molar-refractivity contribution < 1.29 is 0 Å². The molecule has 0 aromatic carbocycles. The zero-order valence-electron chi connectivity index (χ0n) is 8.61. The average Bonchev–Trinajstić information content (AvgIpc) is 2.20. The molecule has 0 aromatic heterocycles. The molecule has 0 aromatic rings. The summed E-state index contributed by atoms with van der Waals surface area (Å²) in [5.41, 5.74) is 0.192. The molecule has 3 heteroatoms. The fourth-order valence-corrected chi connectivity index (χ4v) is 2.80. The van der Waals surface area contributed by atoms with E-state index in [2.05, 4.69) is 13.8 Å². The second kappa shape index (κ2) is 8.26. The predicted octanol–water partition coefficient (Wildman–Crippen LogP) is 4.39. The largest absolute Gasteiger partial charge is 0.162 e. The monoisotopic (exact) mass is 242 g/mol. The summed E-state index contributed by atoms with van der Waals surface area (Å²) in [5, 5.41) is 0. The number of alkyl halides is 2. The van der Waals surface area contributed by atoms with E-state index < -0.39 is 0 Å². The summed E-state index contributed by atoms with van der Waals surface area (Å²) < 4.78 is 0. The summed E-state index contributed by atoms with van der Waals surface area (Å²) in [4.78, 5) is 0. The van der Waals surface area contributed by atoms with Gasteiger partial charge in [-0.05, 0) is 36.2 Å². The smallest absolute Gasteiger partial charge is 0.0291 e. The van der Waals surface area contributed by atoms with Gasteiger partial charge in [-0.25, -0.2) is 0 Å². The number of thioether (sulfide) groups is 1. The van der Waals surface area contributed by atoms with Crippen LogP contribution in [0.15, 0.2) is 0 Å². The SMILES string of the molecule is CCSCCCC(CC)(CCl)CCl. The molecule has 0 N–H and O–H groups in total. The lowest BCUT2D eigenvalue weighted by Crippen LogP contribution is -2.24. The Morgan fingerprint density at radius 3 is 2.15 bits per heavy atom. The summed E-state index contributed by atoms with van der Waals surface area (Å²) in [6, 6.07) is 0. The van der Waals surface area contributed by atoms with Crippen LogP contribution < -0.4 is 0 Å². The second-order valence-corrected chi connectivity index (χ2v) is 5.35. The summed E-state index contributed by atoms with van der Waals surface area (Å²) in [6.07, 6.45) is 3.51. The van der Waals surface area contributed by atoms with E-state index in [0.717, 1.165) is 6.42 Å². The topological polar surface area (TPSA) is 0 Å². The van der Waals surface area contributed by atoms with Crippen LogP contribution in [0.4, 0.5) is 0 Å². The Morgan fingerprint density at radius 2 is 1.77 bits per heavy atom. The van der Waals surface area contributed by atoms with Crippen molar-refractivity contribution in [2.45, 2.75) is 33.1 Å². The summed E-state index contributed by atoms with van der Waals surface area (Å²) in [6.45, 7) is 4.37. The van der Waals surface area contributed by atoms with Gasteiger partial charge >= 0.3 is 0 Å². The Balaban J connectivity index is 3.68. The molecule has 0 saturated carbocycles. The van der Waals surface area contributed by atoms with Crippen molar-refractivity contribution in [3.8, 4) is 0 Å². The third-order valence-corrected chi connectivity index (χ3v) is 4.64. The molecule has 80 valence electrons. The fourth-order valence-electron chi connectivity index (χ4n) is 1.23. The molecule has 0 aliphatic rings. The van der Waals surface area contributed by atoms with Crippen molar-refractivity contribution in [2.75, 3.05) is 23.3 Å². The molecule has 0 unspecified atom stereocenters. The molecule has 0 bridgehead atoms. The molecule has 0 atom stereocenters. The molecule has 0 spiro atoms. The molecule has 0 amide bonds. The van der Waals surface area contributed by atoms with Crippen molar-refractivity contribution in [3.63, 3.8) is 0 Å². The van der Waals surface area contributed by atoms with E-state index in [4.69, 9.17) is 23.2 Å². The molecular formula is C10H20Cl2S. The quantitative estimate of drug-likeness (QED) is 0.450. The molecule has 0 aliphatic carbocycles. The van der Waals surface area contributed by atoms with Crippen LogP contribution in [0.3, 0.4) is 0 Å². The first-order valence-electron chi connectivity index (χ1n) is 4.94. The lowest BCUT2D eigenvalue weighted by atomic mass is 9.85. The molecule has 0 aliphatic heterocycles. The third-order valence-electron chi connectivity index (χ3n) is 2.52. The van der Waals surface area contributed by atoms with Crippen LogP contribution in [0.1, 0.15) is 33.1 Å². The minimum absolute atomic E-state index is 0.192. The number of hydrogen-bond acceptors (Lipinski definition) is 1. The standard InChI is InChI=1S/C10H20Cl2S/c1-3-10(8-11,9-12)6-5-7-13-4-2/h3-9H2,1-2H3. The van der Waals surface area contributed by atoms with E-state index in [1.165, 1.54) is 24.3 Å².